The Labute approximate surface area is 143 Å². The molecular weight excluding hydrogens is 302 g/mol. The van der Waals surface area contributed by atoms with Crippen LogP contribution in [0, 0.1) is 0 Å². The molecule has 0 radical (unpaired) electrons. The lowest BCUT2D eigenvalue weighted by molar-refractivity contribution is 0.174. The maximum Gasteiger partial charge on any atom is 0.166 e. The van der Waals surface area contributed by atoms with Gasteiger partial charge in [-0.05, 0) is 24.1 Å². The molecule has 0 saturated carbocycles. The van der Waals surface area contributed by atoms with Crippen molar-refractivity contribution in [2.24, 2.45) is 0 Å². The van der Waals surface area contributed by atoms with Crippen molar-refractivity contribution >= 4 is 0 Å². The second kappa shape index (κ2) is 9.11. The summed E-state index contributed by atoms with van der Waals surface area (Å²) in [4.78, 5) is 0. The molecule has 0 bridgehead atoms. The molecule has 24 heavy (non-hydrogen) atoms. The van der Waals surface area contributed by atoms with Gasteiger partial charge in [0.05, 0.1) is 13.2 Å². The number of ether oxygens (including phenoxy) is 2. The van der Waals surface area contributed by atoms with E-state index in [1.807, 2.05) is 55.5 Å². The van der Waals surface area contributed by atoms with Gasteiger partial charge in [0.1, 0.15) is 6.61 Å². The fraction of sp³-hybridized carbons (Fsp3) is 0.300. The number of nitrogens with one attached hydrogen (secondary N) is 1. The van der Waals surface area contributed by atoms with Gasteiger partial charge in [-0.25, -0.2) is 0 Å². The zero-order valence-corrected chi connectivity index (χ0v) is 14.3. The van der Waals surface area contributed by atoms with Crippen LogP contribution in [-0.4, -0.2) is 25.4 Å². The lowest BCUT2D eigenvalue weighted by atomic mass is 10.1. The first kappa shape index (κ1) is 18.0. The molecule has 0 spiro atoms. The van der Waals surface area contributed by atoms with Gasteiger partial charge < -0.3 is 19.9 Å². The molecule has 2 rings (SSSR count). The number of hydrogen-bond donors (Lipinski definition) is 2. The third-order valence-electron chi connectivity index (χ3n) is 3.58. The average molecular weight is 327 g/mol. The molecule has 0 fully saturated rings. The highest BCUT2D eigenvalue weighted by Gasteiger charge is 2.12. The molecule has 0 aliphatic rings. The van der Waals surface area contributed by atoms with Gasteiger partial charge in [0, 0.05) is 18.7 Å². The summed E-state index contributed by atoms with van der Waals surface area (Å²) in [5.74, 6) is 1.41. The Morgan fingerprint density at radius 3 is 2.58 bits per heavy atom. The molecular formula is C20H25NO3. The fourth-order valence-corrected chi connectivity index (χ4v) is 2.36. The molecule has 2 N–H and O–H groups in total. The summed E-state index contributed by atoms with van der Waals surface area (Å²) in [7, 11) is 1.62. The van der Waals surface area contributed by atoms with E-state index in [9.17, 15) is 5.11 Å². The average Bonchev–Trinajstić information content (AvgIpc) is 2.60. The number of para-hydroxylation sites is 1. The van der Waals surface area contributed by atoms with Crippen molar-refractivity contribution in [2.45, 2.75) is 19.6 Å². The SMILES string of the molecule is C=C(C)COc1c(CNC[C@H](O)c2ccccc2)cccc1OC. The first-order valence-electron chi connectivity index (χ1n) is 7.98. The summed E-state index contributed by atoms with van der Waals surface area (Å²) in [6.45, 7) is 7.26. The van der Waals surface area contributed by atoms with Crippen molar-refractivity contribution in [2.75, 3.05) is 20.3 Å². The molecule has 128 valence electrons. The highest BCUT2D eigenvalue weighted by atomic mass is 16.5. The third kappa shape index (κ3) is 5.11. The lowest BCUT2D eigenvalue weighted by Crippen LogP contribution is -2.21. The summed E-state index contributed by atoms with van der Waals surface area (Å²) in [5, 5.41) is 13.5. The van der Waals surface area contributed by atoms with Crippen molar-refractivity contribution < 1.29 is 14.6 Å². The van der Waals surface area contributed by atoms with Crippen LogP contribution < -0.4 is 14.8 Å². The van der Waals surface area contributed by atoms with Crippen molar-refractivity contribution in [3.8, 4) is 11.5 Å². The van der Waals surface area contributed by atoms with Crippen LogP contribution in [0.1, 0.15) is 24.2 Å². The van der Waals surface area contributed by atoms with Crippen LogP contribution in [-0.2, 0) is 6.54 Å². The van der Waals surface area contributed by atoms with Gasteiger partial charge in [-0.2, -0.15) is 0 Å². The number of benzene rings is 2. The fourth-order valence-electron chi connectivity index (χ4n) is 2.36. The molecule has 2 aromatic rings. The van der Waals surface area contributed by atoms with Gasteiger partial charge in [0.2, 0.25) is 0 Å². The Morgan fingerprint density at radius 2 is 1.92 bits per heavy atom. The standard InChI is InChI=1S/C20H25NO3/c1-15(2)14-24-20-17(10-7-11-19(20)23-3)12-21-13-18(22)16-8-5-4-6-9-16/h4-11,18,21-22H,1,12-14H2,2-3H3/t18-/m0/s1. The van der Waals surface area contributed by atoms with Crippen LogP contribution >= 0.6 is 0 Å². The van der Waals surface area contributed by atoms with Gasteiger partial charge in [0.25, 0.3) is 0 Å². The van der Waals surface area contributed by atoms with Crippen molar-refractivity contribution in [1.82, 2.24) is 5.32 Å². The maximum absolute atomic E-state index is 10.2. The largest absolute Gasteiger partial charge is 0.493 e. The maximum atomic E-state index is 10.2. The van der Waals surface area contributed by atoms with Crippen LogP contribution in [0.2, 0.25) is 0 Å². The zero-order chi connectivity index (χ0) is 17.4. The van der Waals surface area contributed by atoms with Gasteiger partial charge in [-0.15, -0.1) is 0 Å². The van der Waals surface area contributed by atoms with Crippen LogP contribution in [0.5, 0.6) is 11.5 Å². The van der Waals surface area contributed by atoms with E-state index in [1.165, 1.54) is 0 Å². The molecule has 0 saturated heterocycles. The van der Waals surface area contributed by atoms with Crippen molar-refractivity contribution in [1.29, 1.82) is 0 Å². The van der Waals surface area contributed by atoms with E-state index < -0.39 is 6.10 Å². The first-order valence-corrected chi connectivity index (χ1v) is 7.98. The zero-order valence-electron chi connectivity index (χ0n) is 14.3. The highest BCUT2D eigenvalue weighted by molar-refractivity contribution is 5.46. The highest BCUT2D eigenvalue weighted by Crippen LogP contribution is 2.31. The monoisotopic (exact) mass is 327 g/mol. The Balaban J connectivity index is 1.99. The second-order valence-corrected chi connectivity index (χ2v) is 5.75. The minimum absolute atomic E-state index is 0.444. The predicted octanol–water partition coefficient (Wildman–Crippen LogP) is 3.47. The van der Waals surface area contributed by atoms with E-state index in [0.717, 1.165) is 16.7 Å². The van der Waals surface area contributed by atoms with Gasteiger partial charge in [-0.1, -0.05) is 49.0 Å². The summed E-state index contributed by atoms with van der Waals surface area (Å²) >= 11 is 0. The molecule has 0 heterocycles. The molecule has 0 aliphatic carbocycles. The summed E-state index contributed by atoms with van der Waals surface area (Å²) in [6, 6.07) is 15.4. The van der Waals surface area contributed by atoms with E-state index in [-0.39, 0.29) is 0 Å². The van der Waals surface area contributed by atoms with Gasteiger partial charge in [-0.3, -0.25) is 0 Å². The Bertz CT molecular complexity index is 655. The molecule has 2 aromatic carbocycles. The molecule has 0 aromatic heterocycles. The van der Waals surface area contributed by atoms with Crippen molar-refractivity contribution in [3.05, 3.63) is 71.8 Å². The minimum atomic E-state index is -0.545. The topological polar surface area (TPSA) is 50.7 Å². The van der Waals surface area contributed by atoms with Gasteiger partial charge in [0.15, 0.2) is 11.5 Å². The molecule has 0 unspecified atom stereocenters. The number of hydrogen-bond acceptors (Lipinski definition) is 4. The van der Waals surface area contributed by atoms with Crippen LogP contribution in [0.25, 0.3) is 0 Å². The predicted molar refractivity (Wildman–Crippen MR) is 96.4 cm³/mol. The molecule has 4 nitrogen and oxygen atoms in total. The van der Waals surface area contributed by atoms with Crippen molar-refractivity contribution in [3.63, 3.8) is 0 Å². The Kier molecular flexibility index (Phi) is 6.85. The third-order valence-corrected chi connectivity index (χ3v) is 3.58. The Hall–Kier alpha value is -2.30. The molecule has 4 heteroatoms. The number of rotatable bonds is 9. The number of aliphatic hydroxyl groups excluding tert-OH is 1. The smallest absolute Gasteiger partial charge is 0.166 e. The molecule has 0 aliphatic heterocycles. The minimum Gasteiger partial charge on any atom is -0.493 e. The van der Waals surface area contributed by atoms with Crippen LogP contribution in [0.15, 0.2) is 60.7 Å². The van der Waals surface area contributed by atoms with E-state index in [4.69, 9.17) is 9.47 Å². The van der Waals surface area contributed by atoms with Crippen LogP contribution in [0.4, 0.5) is 0 Å². The van der Waals surface area contributed by atoms with E-state index in [0.29, 0.717) is 31.2 Å². The molecule has 0 amide bonds. The quantitative estimate of drug-likeness (QED) is 0.693. The molecule has 1 atom stereocenters. The van der Waals surface area contributed by atoms with E-state index in [2.05, 4.69) is 11.9 Å². The number of aliphatic hydroxyl groups is 1. The summed E-state index contributed by atoms with van der Waals surface area (Å²) in [5.41, 5.74) is 2.82. The summed E-state index contributed by atoms with van der Waals surface area (Å²) < 4.78 is 11.2. The number of methoxy groups -OCH3 is 1. The lowest BCUT2D eigenvalue weighted by Gasteiger charge is -2.17. The second-order valence-electron chi connectivity index (χ2n) is 5.75. The van der Waals surface area contributed by atoms with Crippen LogP contribution in [0.3, 0.4) is 0 Å². The normalized spacial score (nSPS) is 11.8. The van der Waals surface area contributed by atoms with E-state index >= 15 is 0 Å². The Morgan fingerprint density at radius 1 is 1.17 bits per heavy atom. The first-order chi connectivity index (χ1) is 11.6. The summed E-state index contributed by atoms with van der Waals surface area (Å²) in [6.07, 6.45) is -0.545. The van der Waals surface area contributed by atoms with Gasteiger partial charge >= 0.3 is 0 Å². The van der Waals surface area contributed by atoms with E-state index in [1.54, 1.807) is 7.11 Å².